The number of fused-ring (bicyclic) bond motifs is 8. The topological polar surface area (TPSA) is 80.8 Å². The zero-order valence-electron chi connectivity index (χ0n) is 74.9. The predicted octanol–water partition coefficient (Wildman–Crippen LogP) is 29.3. The highest BCUT2D eigenvalue weighted by atomic mass is 35.5. The van der Waals surface area contributed by atoms with Crippen LogP contribution in [0.1, 0.15) is 105 Å². The van der Waals surface area contributed by atoms with Crippen LogP contribution in [0.15, 0.2) is 406 Å². The minimum Gasteiger partial charge on any atom is -0.468 e. The standard InChI is InChI=1S/C58H50BN3O2.C46H40BClN2O2.C12H11N/c1-57(2,3)41-27-31-45(32-28-41)61-48-35-47(60(43-23-15-9-16-24-43)44-25-17-10-18-26-44)36-49-54(48)59(55-50(61)37-52(63-55)39-19-11-7-12-20-39)56-51(38-53(64-56)40-21-13-8-14-22-40)62(49)46-33-29-42(30-34-46)58(4,5)6;1-45(2,3)31-17-21-34(22-18-31)49-36-25-33(48)26-37-42(36)47(43-38(49)27-40(51-43)29-13-9-7-10-14-29)44-39(28-41(52-44)30-15-11-8-12-16-30)50(37)35-23-19-32(20-24-35)46(4,5)6;1-3-7-11(8-4-1)13-12-9-5-2-6-10-12/h7-38H,1-6H3;7-28H,1-6H3;1-10,13H. The van der Waals surface area contributed by atoms with Crippen LogP contribution in [-0.2, 0) is 21.7 Å². The van der Waals surface area contributed by atoms with Crippen molar-refractivity contribution in [3.63, 3.8) is 0 Å². The summed E-state index contributed by atoms with van der Waals surface area (Å²) in [6.07, 6.45) is 0. The molecule has 4 aromatic heterocycles. The number of benzene rings is 14. The van der Waals surface area contributed by atoms with E-state index in [1.165, 1.54) is 22.3 Å². The molecule has 10 nitrogen and oxygen atoms in total. The number of halogens is 1. The largest absolute Gasteiger partial charge is 0.468 e. The number of furan rings is 4. The summed E-state index contributed by atoms with van der Waals surface area (Å²) in [5.41, 5.74) is 32.4. The molecular formula is C116H101B2ClN6O4. The Kier molecular flexibility index (Phi) is 21.4. The van der Waals surface area contributed by atoms with Gasteiger partial charge < -0.3 is 47.5 Å². The molecule has 1 N–H and O–H groups in total. The summed E-state index contributed by atoms with van der Waals surface area (Å²) >= 11 is 7.16. The highest BCUT2D eigenvalue weighted by Gasteiger charge is 2.52. The van der Waals surface area contributed by atoms with E-state index >= 15 is 0 Å². The normalized spacial score (nSPS) is 12.9. The number of rotatable bonds is 13. The molecule has 0 aliphatic carbocycles. The van der Waals surface area contributed by atoms with Crippen molar-refractivity contribution in [2.75, 3.05) is 29.8 Å². The SMILES string of the molecule is CC(C)(C)c1ccc(N2c3cc(-c4ccccc4)oc3B3c4oc(-c5ccccc5)cc4N(c4ccc(C(C)(C)C)cc4)c4cc(Cl)cc2c43)cc1.CC(C)(C)c1ccc(N2c3cc(-c4ccccc4)oc3B3c4oc(-c5ccccc5)cc4N(c4ccc(C(C)(C)C)cc4)c4cc(N(c5ccccc5)c5ccccc5)cc2c43)cc1.c1ccc(Nc2ccccc2)cc1. The molecule has 4 aliphatic rings. The van der Waals surface area contributed by atoms with Crippen LogP contribution < -0.4 is 63.4 Å². The van der Waals surface area contributed by atoms with Crippen molar-refractivity contribution in [3.8, 4) is 45.3 Å². The molecule has 0 bridgehead atoms. The Bertz CT molecular complexity index is 6630. The van der Waals surface area contributed by atoms with Gasteiger partial charge in [0.05, 0.1) is 28.4 Å². The first-order valence-electron chi connectivity index (χ1n) is 44.6. The average molecular weight is 1700 g/mol. The number of anilines is 17. The van der Waals surface area contributed by atoms with E-state index < -0.39 is 0 Å². The van der Waals surface area contributed by atoms with E-state index in [9.17, 15) is 0 Å². The maximum absolute atomic E-state index is 7.22. The first-order chi connectivity index (χ1) is 62.4. The van der Waals surface area contributed by atoms with Gasteiger partial charge in [0, 0.05) is 120 Å². The number of nitrogens with one attached hydrogen (secondary N) is 1. The summed E-state index contributed by atoms with van der Waals surface area (Å²) in [6.45, 7) is 26.4. The first-order valence-corrected chi connectivity index (χ1v) is 45.0. The molecule has 13 heteroatoms. The number of hydrogen-bond donors (Lipinski definition) is 1. The summed E-state index contributed by atoms with van der Waals surface area (Å²) < 4.78 is 28.5. The molecule has 0 atom stereocenters. The third-order valence-electron chi connectivity index (χ3n) is 25.1. The van der Waals surface area contributed by atoms with Crippen molar-refractivity contribution in [2.24, 2.45) is 0 Å². The van der Waals surface area contributed by atoms with Gasteiger partial charge in [-0.25, -0.2) is 0 Å². The van der Waals surface area contributed by atoms with Crippen molar-refractivity contribution in [1.82, 2.24) is 0 Å². The molecule has 0 spiro atoms. The summed E-state index contributed by atoms with van der Waals surface area (Å²) in [5.74, 6) is 3.23. The molecule has 0 radical (unpaired) electrons. The minimum atomic E-state index is -0.351. The second kappa shape index (κ2) is 33.3. The molecule has 0 saturated carbocycles. The molecule has 22 rings (SSSR count). The van der Waals surface area contributed by atoms with Gasteiger partial charge in [0.15, 0.2) is 0 Å². The molecular weight excluding hydrogens is 1600 g/mol. The van der Waals surface area contributed by atoms with Crippen molar-refractivity contribution in [2.45, 2.75) is 105 Å². The lowest BCUT2D eigenvalue weighted by atomic mass is 9.38. The van der Waals surface area contributed by atoms with Crippen LogP contribution in [0.25, 0.3) is 45.3 Å². The average Bonchev–Trinajstić information content (AvgIpc) is 1.61. The van der Waals surface area contributed by atoms with Gasteiger partial charge in [-0.2, -0.15) is 0 Å². The Morgan fingerprint density at radius 2 is 0.457 bits per heavy atom. The highest BCUT2D eigenvalue weighted by Crippen LogP contribution is 2.53. The highest BCUT2D eigenvalue weighted by molar-refractivity contribution is 6.99. The third-order valence-corrected chi connectivity index (χ3v) is 25.3. The summed E-state index contributed by atoms with van der Waals surface area (Å²) in [6, 6.07) is 137. The fourth-order valence-electron chi connectivity index (χ4n) is 18.4. The zero-order valence-corrected chi connectivity index (χ0v) is 75.6. The maximum atomic E-state index is 7.22. The summed E-state index contributed by atoms with van der Waals surface area (Å²) in [4.78, 5) is 11.8. The molecule has 4 aliphatic heterocycles. The van der Waals surface area contributed by atoms with E-state index in [1.807, 2.05) is 109 Å². The van der Waals surface area contributed by atoms with Crippen LogP contribution in [0.5, 0.6) is 0 Å². The van der Waals surface area contributed by atoms with Crippen LogP contribution in [0.2, 0.25) is 5.02 Å². The van der Waals surface area contributed by atoms with Gasteiger partial charge in [-0.1, -0.05) is 337 Å². The van der Waals surface area contributed by atoms with Crippen molar-refractivity contribution < 1.29 is 17.7 Å². The van der Waals surface area contributed by atoms with E-state index in [0.29, 0.717) is 5.02 Å². The second-order valence-electron chi connectivity index (χ2n) is 37.9. The van der Waals surface area contributed by atoms with Gasteiger partial charge >= 0.3 is 13.4 Å². The Morgan fingerprint density at radius 3 is 0.690 bits per heavy atom. The van der Waals surface area contributed by atoms with Crippen LogP contribution in [0.3, 0.4) is 0 Å². The lowest BCUT2D eigenvalue weighted by Crippen LogP contribution is -2.60. The van der Waals surface area contributed by atoms with Crippen LogP contribution in [-0.4, -0.2) is 13.4 Å². The van der Waals surface area contributed by atoms with Crippen molar-refractivity contribution in [3.05, 3.63) is 416 Å². The van der Waals surface area contributed by atoms with Crippen molar-refractivity contribution >= 4 is 155 Å². The molecule has 0 amide bonds. The van der Waals surface area contributed by atoms with Gasteiger partial charge in [-0.3, -0.25) is 0 Å². The molecule has 0 unspecified atom stereocenters. The van der Waals surface area contributed by atoms with E-state index in [-0.39, 0.29) is 35.1 Å². The Balaban J connectivity index is 0.000000144. The van der Waals surface area contributed by atoms with Crippen LogP contribution in [0, 0.1) is 0 Å². The first kappa shape index (κ1) is 82.7. The molecule has 0 fully saturated rings. The smallest absolute Gasteiger partial charge is 0.342 e. The van der Waals surface area contributed by atoms with Gasteiger partial charge in [0.1, 0.15) is 45.7 Å². The van der Waals surface area contributed by atoms with Crippen LogP contribution in [0.4, 0.5) is 96.7 Å². The fraction of sp³-hybridized carbons (Fsp3) is 0.138. The van der Waals surface area contributed by atoms with E-state index in [4.69, 9.17) is 29.3 Å². The number of hydrogen-bond acceptors (Lipinski definition) is 10. The van der Waals surface area contributed by atoms with Gasteiger partial charge in [0.25, 0.3) is 0 Å². The van der Waals surface area contributed by atoms with Gasteiger partial charge in [0.2, 0.25) is 0 Å². The molecule has 129 heavy (non-hydrogen) atoms. The number of nitrogens with zero attached hydrogens (tertiary/aromatic N) is 5. The second-order valence-corrected chi connectivity index (χ2v) is 38.4. The molecule has 14 aromatic carbocycles. The van der Waals surface area contributed by atoms with Gasteiger partial charge in [-0.05, 0) is 176 Å². The summed E-state index contributed by atoms with van der Waals surface area (Å²) in [7, 11) is 0. The zero-order chi connectivity index (χ0) is 88.6. The summed E-state index contributed by atoms with van der Waals surface area (Å²) in [5, 5.41) is 3.96. The quantitative estimate of drug-likeness (QED) is 0.113. The van der Waals surface area contributed by atoms with Crippen molar-refractivity contribution in [1.29, 1.82) is 0 Å². The lowest BCUT2D eigenvalue weighted by Gasteiger charge is -2.41. The molecule has 0 saturated heterocycles. The number of para-hydroxylation sites is 4. The third kappa shape index (κ3) is 15.9. The molecule has 8 heterocycles. The predicted molar refractivity (Wildman–Crippen MR) is 542 cm³/mol. The van der Waals surface area contributed by atoms with E-state index in [0.717, 1.165) is 176 Å². The molecule has 18 aromatic rings. The van der Waals surface area contributed by atoms with E-state index in [2.05, 4.69) is 392 Å². The van der Waals surface area contributed by atoms with Crippen LogP contribution >= 0.6 is 11.6 Å². The van der Waals surface area contributed by atoms with Gasteiger partial charge in [-0.15, -0.1) is 0 Å². The van der Waals surface area contributed by atoms with E-state index in [1.54, 1.807) is 0 Å². The monoisotopic (exact) mass is 1700 g/mol. The maximum Gasteiger partial charge on any atom is 0.342 e. The molecule has 632 valence electrons. The fourth-order valence-corrected chi connectivity index (χ4v) is 18.6. The lowest BCUT2D eigenvalue weighted by molar-refractivity contribution is 0.590. The Morgan fingerprint density at radius 1 is 0.240 bits per heavy atom. The Labute approximate surface area is 763 Å². The Hall–Kier alpha value is -14.6. The minimum absolute atomic E-state index is 0.00700.